The highest BCUT2D eigenvalue weighted by Gasteiger charge is 2.18. The lowest BCUT2D eigenvalue weighted by Crippen LogP contribution is -2.36. The molecule has 2 aromatic carbocycles. The fourth-order valence-electron chi connectivity index (χ4n) is 2.10. The molecular formula is C19H18FNO4. The topological polar surface area (TPSA) is 72.5 Å². The third-order valence-electron chi connectivity index (χ3n) is 3.56. The van der Waals surface area contributed by atoms with Gasteiger partial charge in [-0.05, 0) is 43.2 Å². The number of hydrogen-bond acceptors (Lipinski definition) is 4. The molecular weight excluding hydrogens is 325 g/mol. The van der Waals surface area contributed by atoms with Crippen LogP contribution in [0.2, 0.25) is 0 Å². The summed E-state index contributed by atoms with van der Waals surface area (Å²) >= 11 is 0. The van der Waals surface area contributed by atoms with Gasteiger partial charge < -0.3 is 10.1 Å². The standard InChI is InChI=1S/C19H18FNO4/c1-13(25-19(24)16-6-2-15(12-22)3-7-16)18(23)21-11-10-14-4-8-17(20)9-5-14/h2-9,12-13H,10-11H2,1H3,(H,21,23)/t13-/m1/s1. The number of amides is 1. The van der Waals surface area contributed by atoms with Gasteiger partial charge in [0.1, 0.15) is 12.1 Å². The molecule has 0 aliphatic heterocycles. The fraction of sp³-hybridized carbons (Fsp3) is 0.211. The van der Waals surface area contributed by atoms with Crippen molar-refractivity contribution in [3.8, 4) is 0 Å². The van der Waals surface area contributed by atoms with E-state index in [2.05, 4.69) is 5.32 Å². The van der Waals surface area contributed by atoms with Crippen LogP contribution in [0.1, 0.15) is 33.2 Å². The molecule has 0 saturated carbocycles. The molecule has 0 spiro atoms. The lowest BCUT2D eigenvalue weighted by molar-refractivity contribution is -0.129. The number of halogens is 1. The summed E-state index contributed by atoms with van der Waals surface area (Å²) in [5.41, 5.74) is 1.60. The van der Waals surface area contributed by atoms with Gasteiger partial charge in [-0.15, -0.1) is 0 Å². The highest BCUT2D eigenvalue weighted by molar-refractivity contribution is 5.92. The summed E-state index contributed by atoms with van der Waals surface area (Å²) < 4.78 is 17.9. The van der Waals surface area contributed by atoms with E-state index in [9.17, 15) is 18.8 Å². The Morgan fingerprint density at radius 1 is 1.12 bits per heavy atom. The lowest BCUT2D eigenvalue weighted by atomic mass is 10.1. The molecule has 0 aliphatic rings. The van der Waals surface area contributed by atoms with Crippen molar-refractivity contribution in [2.24, 2.45) is 0 Å². The largest absolute Gasteiger partial charge is 0.449 e. The Morgan fingerprint density at radius 3 is 2.36 bits per heavy atom. The number of esters is 1. The Hall–Kier alpha value is -3.02. The highest BCUT2D eigenvalue weighted by atomic mass is 19.1. The smallest absolute Gasteiger partial charge is 0.338 e. The molecule has 25 heavy (non-hydrogen) atoms. The molecule has 2 rings (SSSR count). The zero-order chi connectivity index (χ0) is 18.2. The Morgan fingerprint density at radius 2 is 1.76 bits per heavy atom. The number of carbonyl (C=O) groups excluding carboxylic acids is 3. The maximum absolute atomic E-state index is 12.8. The number of rotatable bonds is 7. The van der Waals surface area contributed by atoms with Crippen LogP contribution in [0.3, 0.4) is 0 Å². The van der Waals surface area contributed by atoms with Crippen molar-refractivity contribution in [1.29, 1.82) is 0 Å². The number of ether oxygens (including phenoxy) is 1. The minimum absolute atomic E-state index is 0.261. The summed E-state index contributed by atoms with van der Waals surface area (Å²) in [6, 6.07) is 11.9. The highest BCUT2D eigenvalue weighted by Crippen LogP contribution is 2.07. The maximum atomic E-state index is 12.8. The SMILES string of the molecule is C[C@@H](OC(=O)c1ccc(C=O)cc1)C(=O)NCCc1ccc(F)cc1. The van der Waals surface area contributed by atoms with Gasteiger partial charge in [0.2, 0.25) is 0 Å². The van der Waals surface area contributed by atoms with Crippen LogP contribution >= 0.6 is 0 Å². The number of carbonyl (C=O) groups is 3. The van der Waals surface area contributed by atoms with Crippen LogP contribution in [0.5, 0.6) is 0 Å². The van der Waals surface area contributed by atoms with Crippen molar-refractivity contribution in [3.05, 3.63) is 71.0 Å². The van der Waals surface area contributed by atoms with Crippen molar-refractivity contribution in [3.63, 3.8) is 0 Å². The molecule has 0 aliphatic carbocycles. The molecule has 6 heteroatoms. The zero-order valence-electron chi connectivity index (χ0n) is 13.7. The predicted molar refractivity (Wildman–Crippen MR) is 89.8 cm³/mol. The number of benzene rings is 2. The number of nitrogens with one attached hydrogen (secondary N) is 1. The predicted octanol–water partition coefficient (Wildman–Crippen LogP) is 2.54. The first-order chi connectivity index (χ1) is 12.0. The van der Waals surface area contributed by atoms with Gasteiger partial charge in [-0.3, -0.25) is 9.59 Å². The van der Waals surface area contributed by atoms with Crippen LogP contribution in [0.15, 0.2) is 48.5 Å². The molecule has 0 heterocycles. The minimum Gasteiger partial charge on any atom is -0.449 e. The van der Waals surface area contributed by atoms with E-state index in [0.717, 1.165) is 5.56 Å². The van der Waals surface area contributed by atoms with E-state index in [4.69, 9.17) is 4.74 Å². The molecule has 0 aromatic heterocycles. The van der Waals surface area contributed by atoms with Gasteiger partial charge in [-0.1, -0.05) is 24.3 Å². The van der Waals surface area contributed by atoms with E-state index < -0.39 is 18.0 Å². The molecule has 130 valence electrons. The zero-order valence-corrected chi connectivity index (χ0v) is 13.7. The molecule has 0 fully saturated rings. The average molecular weight is 343 g/mol. The summed E-state index contributed by atoms with van der Waals surface area (Å²) in [4.78, 5) is 34.5. The quantitative estimate of drug-likeness (QED) is 0.619. The second-order valence-electron chi connectivity index (χ2n) is 5.45. The van der Waals surface area contributed by atoms with E-state index in [1.54, 1.807) is 12.1 Å². The minimum atomic E-state index is -0.952. The summed E-state index contributed by atoms with van der Waals surface area (Å²) in [7, 11) is 0. The normalized spacial score (nSPS) is 11.4. The summed E-state index contributed by atoms with van der Waals surface area (Å²) in [5, 5.41) is 2.66. The van der Waals surface area contributed by atoms with Crippen LogP contribution in [0, 0.1) is 5.82 Å². The van der Waals surface area contributed by atoms with Gasteiger partial charge >= 0.3 is 5.97 Å². The third kappa shape index (κ3) is 5.53. The summed E-state index contributed by atoms with van der Waals surface area (Å²) in [6.45, 7) is 1.82. The third-order valence-corrected chi connectivity index (χ3v) is 3.56. The summed E-state index contributed by atoms with van der Waals surface area (Å²) in [5.74, 6) is -1.37. The lowest BCUT2D eigenvalue weighted by Gasteiger charge is -2.13. The van der Waals surface area contributed by atoms with Crippen LogP contribution in [-0.4, -0.2) is 30.8 Å². The molecule has 2 aromatic rings. The van der Waals surface area contributed by atoms with E-state index in [1.807, 2.05) is 0 Å². The van der Waals surface area contributed by atoms with Crippen LogP contribution < -0.4 is 5.32 Å². The maximum Gasteiger partial charge on any atom is 0.338 e. The number of hydrogen-bond donors (Lipinski definition) is 1. The van der Waals surface area contributed by atoms with Crippen molar-refractivity contribution in [2.75, 3.05) is 6.54 Å². The molecule has 0 unspecified atom stereocenters. The Bertz CT molecular complexity index is 741. The van der Waals surface area contributed by atoms with Crippen molar-refractivity contribution >= 4 is 18.2 Å². The first kappa shape index (κ1) is 18.3. The van der Waals surface area contributed by atoms with Crippen LogP contribution in [0.4, 0.5) is 4.39 Å². The molecule has 0 saturated heterocycles. The van der Waals surface area contributed by atoms with Crippen molar-refractivity contribution < 1.29 is 23.5 Å². The van der Waals surface area contributed by atoms with E-state index in [-0.39, 0.29) is 11.4 Å². The molecule has 1 amide bonds. The monoisotopic (exact) mass is 343 g/mol. The van der Waals surface area contributed by atoms with Gasteiger partial charge in [-0.25, -0.2) is 9.18 Å². The van der Waals surface area contributed by atoms with Gasteiger partial charge in [0.05, 0.1) is 5.56 Å². The van der Waals surface area contributed by atoms with E-state index in [0.29, 0.717) is 24.8 Å². The first-order valence-electron chi connectivity index (χ1n) is 7.78. The Kier molecular flexibility index (Phi) is 6.39. The molecule has 0 radical (unpaired) electrons. The fourth-order valence-corrected chi connectivity index (χ4v) is 2.10. The second-order valence-corrected chi connectivity index (χ2v) is 5.45. The second kappa shape index (κ2) is 8.73. The van der Waals surface area contributed by atoms with Crippen LogP contribution in [-0.2, 0) is 16.0 Å². The van der Waals surface area contributed by atoms with E-state index in [1.165, 1.54) is 43.3 Å². The summed E-state index contributed by atoms with van der Waals surface area (Å²) in [6.07, 6.45) is 0.262. The van der Waals surface area contributed by atoms with Crippen molar-refractivity contribution in [1.82, 2.24) is 5.32 Å². The van der Waals surface area contributed by atoms with Gasteiger partial charge in [0.25, 0.3) is 5.91 Å². The van der Waals surface area contributed by atoms with E-state index >= 15 is 0 Å². The molecule has 1 N–H and O–H groups in total. The first-order valence-corrected chi connectivity index (χ1v) is 7.78. The van der Waals surface area contributed by atoms with Crippen molar-refractivity contribution in [2.45, 2.75) is 19.4 Å². The van der Waals surface area contributed by atoms with Crippen LogP contribution in [0.25, 0.3) is 0 Å². The number of aldehydes is 1. The van der Waals surface area contributed by atoms with Gasteiger partial charge in [-0.2, -0.15) is 0 Å². The average Bonchev–Trinajstić information content (AvgIpc) is 2.63. The van der Waals surface area contributed by atoms with Gasteiger partial charge in [0.15, 0.2) is 6.10 Å². The molecule has 5 nitrogen and oxygen atoms in total. The Labute approximate surface area is 144 Å². The molecule has 1 atom stereocenters. The Balaban J connectivity index is 1.79. The molecule has 0 bridgehead atoms. The van der Waals surface area contributed by atoms with Gasteiger partial charge in [0, 0.05) is 12.1 Å².